The van der Waals surface area contributed by atoms with Crippen molar-refractivity contribution in [3.8, 4) is 0 Å². The number of hydrogen-bond acceptors (Lipinski definition) is 3. The molecule has 0 spiro atoms. The second-order valence-electron chi connectivity index (χ2n) is 5.25. The van der Waals surface area contributed by atoms with Crippen molar-refractivity contribution in [2.75, 3.05) is 0 Å². The van der Waals surface area contributed by atoms with Crippen molar-refractivity contribution in [3.05, 3.63) is 58.5 Å². The van der Waals surface area contributed by atoms with Crippen molar-refractivity contribution in [1.29, 1.82) is 0 Å². The van der Waals surface area contributed by atoms with Crippen LogP contribution in [0.25, 0.3) is 0 Å². The van der Waals surface area contributed by atoms with Crippen molar-refractivity contribution in [1.82, 2.24) is 5.32 Å². The lowest BCUT2D eigenvalue weighted by Gasteiger charge is -2.05. The number of benzene rings is 1. The summed E-state index contributed by atoms with van der Waals surface area (Å²) >= 11 is 5.82. The molecular formula is C16H18ClNO3S. The highest BCUT2D eigenvalue weighted by Gasteiger charge is 2.13. The number of amides is 1. The van der Waals surface area contributed by atoms with Gasteiger partial charge >= 0.3 is 0 Å². The summed E-state index contributed by atoms with van der Waals surface area (Å²) in [6.45, 7) is 3.76. The Bertz CT molecular complexity index is 664. The summed E-state index contributed by atoms with van der Waals surface area (Å²) in [5, 5.41) is 3.40. The van der Waals surface area contributed by atoms with Crippen LogP contribution in [0.5, 0.6) is 0 Å². The van der Waals surface area contributed by atoms with Crippen LogP contribution < -0.4 is 5.32 Å². The first-order valence-corrected chi connectivity index (χ1v) is 8.79. The largest absolute Gasteiger partial charge is 0.455 e. The number of carbonyl (C=O) groups excluding carboxylic acids is 1. The monoisotopic (exact) mass is 339 g/mol. The fourth-order valence-corrected chi connectivity index (χ4v) is 3.15. The number of nitrogens with one attached hydrogen (secondary N) is 1. The maximum Gasteiger partial charge on any atom is 0.287 e. The Labute approximate surface area is 137 Å². The molecule has 1 heterocycles. The maximum atomic E-state index is 12.1. The van der Waals surface area contributed by atoms with E-state index < -0.39 is 10.8 Å². The average molecular weight is 340 g/mol. The minimum absolute atomic E-state index is 0.0417. The molecule has 1 unspecified atom stereocenters. The highest BCUT2D eigenvalue weighted by Crippen LogP contribution is 2.15. The Morgan fingerprint density at radius 2 is 1.86 bits per heavy atom. The fourth-order valence-electron chi connectivity index (χ4n) is 1.89. The standard InChI is InChI=1S/C16H18ClNO3S/c1-11(2)18-16(19)15-8-7-14(21-15)10-22(20)9-12-3-5-13(17)6-4-12/h3-8,11H,9-10H2,1-2H3,(H,18,19). The van der Waals surface area contributed by atoms with Crippen LogP contribution in [0.3, 0.4) is 0 Å². The van der Waals surface area contributed by atoms with Crippen molar-refractivity contribution < 1.29 is 13.4 Å². The smallest absolute Gasteiger partial charge is 0.287 e. The van der Waals surface area contributed by atoms with Gasteiger partial charge in [-0.05, 0) is 43.7 Å². The van der Waals surface area contributed by atoms with Gasteiger partial charge in [-0.2, -0.15) is 0 Å². The molecule has 0 saturated heterocycles. The lowest BCUT2D eigenvalue weighted by molar-refractivity contribution is 0.0913. The first kappa shape index (κ1) is 16.8. The van der Waals surface area contributed by atoms with Crippen LogP contribution >= 0.6 is 11.6 Å². The number of carbonyl (C=O) groups is 1. The zero-order chi connectivity index (χ0) is 16.1. The first-order chi connectivity index (χ1) is 10.4. The predicted octanol–water partition coefficient (Wildman–Crippen LogP) is 3.52. The molecule has 6 heteroatoms. The quantitative estimate of drug-likeness (QED) is 0.876. The average Bonchev–Trinajstić information content (AvgIpc) is 2.89. The van der Waals surface area contributed by atoms with Crippen LogP contribution in [0.2, 0.25) is 5.02 Å². The zero-order valence-electron chi connectivity index (χ0n) is 12.5. The highest BCUT2D eigenvalue weighted by molar-refractivity contribution is 7.83. The minimum atomic E-state index is -1.11. The maximum absolute atomic E-state index is 12.1. The van der Waals surface area contributed by atoms with Gasteiger partial charge in [0.1, 0.15) is 5.76 Å². The number of hydrogen-bond donors (Lipinski definition) is 1. The van der Waals surface area contributed by atoms with Crippen molar-refractivity contribution >= 4 is 28.3 Å². The highest BCUT2D eigenvalue weighted by atomic mass is 35.5. The van der Waals surface area contributed by atoms with Crippen LogP contribution in [0.15, 0.2) is 40.8 Å². The molecule has 0 fully saturated rings. The van der Waals surface area contributed by atoms with Gasteiger partial charge in [-0.3, -0.25) is 9.00 Å². The SMILES string of the molecule is CC(C)NC(=O)c1ccc(CS(=O)Cc2ccc(Cl)cc2)o1. The van der Waals surface area contributed by atoms with Crippen molar-refractivity contribution in [2.45, 2.75) is 31.4 Å². The van der Waals surface area contributed by atoms with E-state index in [4.69, 9.17) is 16.0 Å². The molecule has 2 rings (SSSR count). The van der Waals surface area contributed by atoms with Crippen LogP contribution in [-0.2, 0) is 22.3 Å². The summed E-state index contributed by atoms with van der Waals surface area (Å²) < 4.78 is 17.6. The van der Waals surface area contributed by atoms with Crippen LogP contribution in [-0.4, -0.2) is 16.2 Å². The Morgan fingerprint density at radius 1 is 1.18 bits per heavy atom. The van der Waals surface area contributed by atoms with E-state index in [1.165, 1.54) is 0 Å². The number of halogens is 1. The topological polar surface area (TPSA) is 59.3 Å². The molecule has 1 aromatic carbocycles. The summed E-state index contributed by atoms with van der Waals surface area (Å²) in [6, 6.07) is 10.6. The molecule has 0 saturated carbocycles. The summed E-state index contributed by atoms with van der Waals surface area (Å²) in [6.07, 6.45) is 0. The lowest BCUT2D eigenvalue weighted by Crippen LogP contribution is -2.29. The molecule has 0 aliphatic heterocycles. The molecule has 2 aromatic rings. The van der Waals surface area contributed by atoms with Crippen LogP contribution in [0.1, 0.15) is 35.7 Å². The lowest BCUT2D eigenvalue weighted by atomic mass is 10.2. The van der Waals surface area contributed by atoms with Gasteiger partial charge in [0, 0.05) is 27.6 Å². The van der Waals surface area contributed by atoms with Gasteiger partial charge in [-0.1, -0.05) is 23.7 Å². The normalized spacial score (nSPS) is 12.4. The Balaban J connectivity index is 1.93. The van der Waals surface area contributed by atoms with E-state index >= 15 is 0 Å². The molecule has 1 aromatic heterocycles. The molecule has 0 bridgehead atoms. The van der Waals surface area contributed by atoms with E-state index in [0.717, 1.165) is 5.56 Å². The second-order valence-corrected chi connectivity index (χ2v) is 7.14. The minimum Gasteiger partial charge on any atom is -0.455 e. The van der Waals surface area contributed by atoms with E-state index in [2.05, 4.69) is 5.32 Å². The van der Waals surface area contributed by atoms with E-state index in [9.17, 15) is 9.00 Å². The van der Waals surface area contributed by atoms with Crippen LogP contribution in [0, 0.1) is 0 Å². The Morgan fingerprint density at radius 3 is 2.50 bits per heavy atom. The predicted molar refractivity (Wildman–Crippen MR) is 88.3 cm³/mol. The van der Waals surface area contributed by atoms with E-state index in [-0.39, 0.29) is 23.5 Å². The summed E-state index contributed by atoms with van der Waals surface area (Å²) in [4.78, 5) is 11.8. The van der Waals surface area contributed by atoms with Gasteiger partial charge < -0.3 is 9.73 Å². The summed E-state index contributed by atoms with van der Waals surface area (Å²) in [5.74, 6) is 1.22. The third kappa shape index (κ3) is 5.00. The molecule has 1 N–H and O–H groups in total. The van der Waals surface area contributed by atoms with Crippen molar-refractivity contribution in [3.63, 3.8) is 0 Å². The molecule has 1 atom stereocenters. The summed E-state index contributed by atoms with van der Waals surface area (Å²) in [5.41, 5.74) is 0.951. The molecule has 0 radical (unpaired) electrons. The van der Waals surface area contributed by atoms with Gasteiger partial charge in [0.25, 0.3) is 5.91 Å². The van der Waals surface area contributed by atoms with Gasteiger partial charge in [-0.15, -0.1) is 0 Å². The van der Waals surface area contributed by atoms with E-state index in [1.54, 1.807) is 24.3 Å². The second kappa shape index (κ2) is 7.61. The molecule has 118 valence electrons. The van der Waals surface area contributed by atoms with Gasteiger partial charge in [-0.25, -0.2) is 0 Å². The molecule has 22 heavy (non-hydrogen) atoms. The van der Waals surface area contributed by atoms with Gasteiger partial charge in [0.2, 0.25) is 0 Å². The number of furan rings is 1. The molecular weight excluding hydrogens is 322 g/mol. The van der Waals surface area contributed by atoms with E-state index in [1.807, 2.05) is 26.0 Å². The molecule has 0 aliphatic carbocycles. The first-order valence-electron chi connectivity index (χ1n) is 6.93. The van der Waals surface area contributed by atoms with Crippen LogP contribution in [0.4, 0.5) is 0 Å². The third-order valence-corrected chi connectivity index (χ3v) is 4.36. The Hall–Kier alpha value is -1.59. The molecule has 0 aliphatic rings. The third-order valence-electron chi connectivity index (χ3n) is 2.85. The van der Waals surface area contributed by atoms with Crippen molar-refractivity contribution in [2.24, 2.45) is 0 Å². The van der Waals surface area contributed by atoms with Gasteiger partial charge in [0.05, 0.1) is 5.75 Å². The fraction of sp³-hybridized carbons (Fsp3) is 0.312. The van der Waals surface area contributed by atoms with E-state index in [0.29, 0.717) is 16.5 Å². The van der Waals surface area contributed by atoms with Gasteiger partial charge in [0.15, 0.2) is 5.76 Å². The molecule has 4 nitrogen and oxygen atoms in total. The number of rotatable bonds is 6. The zero-order valence-corrected chi connectivity index (χ0v) is 14.0. The molecule has 1 amide bonds. The Kier molecular flexibility index (Phi) is 5.80. The summed E-state index contributed by atoms with van der Waals surface area (Å²) in [7, 11) is -1.11.